The van der Waals surface area contributed by atoms with Crippen LogP contribution < -0.4 is 4.74 Å². The van der Waals surface area contributed by atoms with Gasteiger partial charge in [0.25, 0.3) is 0 Å². The highest BCUT2D eigenvalue weighted by atomic mass is 79.9. The van der Waals surface area contributed by atoms with E-state index in [9.17, 15) is 23.1 Å². The van der Waals surface area contributed by atoms with Gasteiger partial charge in [0.1, 0.15) is 29.8 Å². The summed E-state index contributed by atoms with van der Waals surface area (Å²) in [5.74, 6) is -3.78. The molecule has 0 aliphatic carbocycles. The lowest BCUT2D eigenvalue weighted by Crippen LogP contribution is -2.05. The first-order chi connectivity index (χ1) is 15.7. The van der Waals surface area contributed by atoms with Crippen molar-refractivity contribution in [3.05, 3.63) is 105 Å². The number of carboxylic acid groups (broad SMARTS) is 1. The summed E-state index contributed by atoms with van der Waals surface area (Å²) < 4.78 is 49.7. The monoisotopic (exact) mass is 515 g/mol. The second kappa shape index (κ2) is 9.15. The maximum Gasteiger partial charge on any atom is 0.335 e. The molecule has 4 nitrogen and oxygen atoms in total. The average molecular weight is 516 g/mol. The van der Waals surface area contributed by atoms with Gasteiger partial charge in [-0.2, -0.15) is 0 Å². The van der Waals surface area contributed by atoms with Gasteiger partial charge in [-0.25, -0.2) is 18.0 Å². The molecule has 1 heterocycles. The fourth-order valence-corrected chi connectivity index (χ4v) is 3.90. The summed E-state index contributed by atoms with van der Waals surface area (Å²) >= 11 is 3.38. The number of ether oxygens (including phenoxy) is 1. The molecule has 0 aliphatic heterocycles. The van der Waals surface area contributed by atoms with Crippen molar-refractivity contribution in [3.8, 4) is 22.7 Å². The molecule has 0 atom stereocenters. The number of benzene rings is 3. The third-order valence-corrected chi connectivity index (χ3v) is 5.62. The molecule has 0 unspecified atom stereocenters. The summed E-state index contributed by atoms with van der Waals surface area (Å²) in [6, 6.07) is 16.7. The van der Waals surface area contributed by atoms with Gasteiger partial charge in [0, 0.05) is 33.6 Å². The number of aryl methyl sites for hydroxylation is 1. The van der Waals surface area contributed by atoms with Gasteiger partial charge in [-0.05, 0) is 55.5 Å². The van der Waals surface area contributed by atoms with Crippen LogP contribution in [0.4, 0.5) is 13.2 Å². The Labute approximate surface area is 196 Å². The van der Waals surface area contributed by atoms with Crippen LogP contribution in [0.1, 0.15) is 21.6 Å². The Morgan fingerprint density at radius 3 is 2.42 bits per heavy atom. The van der Waals surface area contributed by atoms with Gasteiger partial charge in [0.05, 0.1) is 16.8 Å². The molecule has 168 valence electrons. The first-order valence-electron chi connectivity index (χ1n) is 9.83. The molecule has 3 aromatic carbocycles. The van der Waals surface area contributed by atoms with Crippen molar-refractivity contribution in [1.82, 2.24) is 4.57 Å². The highest BCUT2D eigenvalue weighted by Gasteiger charge is 2.18. The standard InChI is InChI=1S/C25H17BrF3NO3/c1-14-5-8-23(30(14)18-4-2-3-15(9-18)25(31)32)19-7-6-16(26)10-24(19)33-13-20-21(28)11-17(27)12-22(20)29/h2-12H,13H2,1H3,(H,31,32). The quantitative estimate of drug-likeness (QED) is 0.303. The zero-order valence-corrected chi connectivity index (χ0v) is 18.9. The van der Waals surface area contributed by atoms with E-state index in [-0.39, 0.29) is 11.1 Å². The molecular formula is C25H17BrF3NO3. The molecular weight excluding hydrogens is 499 g/mol. The van der Waals surface area contributed by atoms with Crippen LogP contribution in [0.2, 0.25) is 0 Å². The molecule has 4 rings (SSSR count). The van der Waals surface area contributed by atoms with E-state index in [1.54, 1.807) is 36.4 Å². The first-order valence-corrected chi connectivity index (χ1v) is 10.6. The summed E-state index contributed by atoms with van der Waals surface area (Å²) in [5.41, 5.74) is 2.55. The van der Waals surface area contributed by atoms with Crippen molar-refractivity contribution >= 4 is 21.9 Å². The van der Waals surface area contributed by atoms with Crippen LogP contribution in [0, 0.1) is 24.4 Å². The molecule has 0 bridgehead atoms. The van der Waals surface area contributed by atoms with E-state index in [2.05, 4.69) is 15.9 Å². The van der Waals surface area contributed by atoms with Gasteiger partial charge in [0.15, 0.2) is 0 Å². The smallest absolute Gasteiger partial charge is 0.335 e. The number of carboxylic acids is 1. The van der Waals surface area contributed by atoms with Crippen LogP contribution in [0.15, 0.2) is 71.2 Å². The molecule has 8 heteroatoms. The summed E-state index contributed by atoms with van der Waals surface area (Å²) in [6.45, 7) is 1.43. The van der Waals surface area contributed by atoms with Crippen LogP contribution in [0.25, 0.3) is 16.9 Å². The SMILES string of the molecule is Cc1ccc(-c2ccc(Br)cc2OCc2c(F)cc(F)cc2F)n1-c1cccc(C(=O)O)c1. The molecule has 0 saturated carbocycles. The van der Waals surface area contributed by atoms with Crippen molar-refractivity contribution in [3.63, 3.8) is 0 Å². The maximum absolute atomic E-state index is 14.1. The number of carbonyl (C=O) groups is 1. The molecule has 0 amide bonds. The van der Waals surface area contributed by atoms with Gasteiger partial charge in [-0.3, -0.25) is 0 Å². The lowest BCUT2D eigenvalue weighted by molar-refractivity contribution is 0.0697. The number of halogens is 4. The zero-order valence-electron chi connectivity index (χ0n) is 17.3. The number of aromatic carboxylic acids is 1. The van der Waals surface area contributed by atoms with Gasteiger partial charge in [-0.1, -0.05) is 22.0 Å². The fraction of sp³-hybridized carbons (Fsp3) is 0.0800. The summed E-state index contributed by atoms with van der Waals surface area (Å²) in [5, 5.41) is 9.36. The lowest BCUT2D eigenvalue weighted by atomic mass is 10.1. The van der Waals surface area contributed by atoms with Gasteiger partial charge in [0.2, 0.25) is 0 Å². The second-order valence-electron chi connectivity index (χ2n) is 7.33. The predicted octanol–water partition coefficient (Wildman–Crippen LogP) is 6.91. The Morgan fingerprint density at radius 1 is 1.00 bits per heavy atom. The van der Waals surface area contributed by atoms with Crippen LogP contribution >= 0.6 is 15.9 Å². The Bertz CT molecular complexity index is 1340. The van der Waals surface area contributed by atoms with Crippen LogP contribution in [-0.2, 0) is 6.61 Å². The zero-order chi connectivity index (χ0) is 23.7. The highest BCUT2D eigenvalue weighted by Crippen LogP contribution is 2.36. The van der Waals surface area contributed by atoms with E-state index in [0.717, 1.165) is 5.69 Å². The number of rotatable bonds is 6. The van der Waals surface area contributed by atoms with Crippen LogP contribution in [0.5, 0.6) is 5.75 Å². The van der Waals surface area contributed by atoms with Crippen molar-refractivity contribution < 1.29 is 27.8 Å². The van der Waals surface area contributed by atoms with Crippen molar-refractivity contribution in [2.75, 3.05) is 0 Å². The molecule has 0 radical (unpaired) electrons. The maximum atomic E-state index is 14.1. The molecule has 0 aliphatic rings. The molecule has 4 aromatic rings. The third kappa shape index (κ3) is 4.66. The summed E-state index contributed by atoms with van der Waals surface area (Å²) in [6.07, 6.45) is 0. The fourth-order valence-electron chi connectivity index (χ4n) is 3.56. The minimum absolute atomic E-state index is 0.140. The van der Waals surface area contributed by atoms with Crippen LogP contribution in [0.3, 0.4) is 0 Å². The Kier molecular flexibility index (Phi) is 6.29. The molecule has 1 N–H and O–H groups in total. The molecule has 0 spiro atoms. The average Bonchev–Trinajstić information content (AvgIpc) is 3.14. The summed E-state index contributed by atoms with van der Waals surface area (Å²) in [7, 11) is 0. The van der Waals surface area contributed by atoms with Gasteiger partial charge < -0.3 is 14.4 Å². The van der Waals surface area contributed by atoms with E-state index < -0.39 is 30.0 Å². The molecule has 0 saturated heterocycles. The third-order valence-electron chi connectivity index (χ3n) is 5.12. The number of hydrogen-bond acceptors (Lipinski definition) is 2. The minimum atomic E-state index is -1.04. The molecule has 1 aromatic heterocycles. The number of nitrogens with zero attached hydrogens (tertiary/aromatic N) is 1. The largest absolute Gasteiger partial charge is 0.488 e. The first kappa shape index (κ1) is 22.7. The van der Waals surface area contributed by atoms with Crippen LogP contribution in [-0.4, -0.2) is 15.6 Å². The van der Waals surface area contributed by atoms with E-state index in [1.807, 2.05) is 23.6 Å². The Morgan fingerprint density at radius 2 is 1.73 bits per heavy atom. The van der Waals surface area contributed by atoms with E-state index in [0.29, 0.717) is 39.3 Å². The predicted molar refractivity (Wildman–Crippen MR) is 121 cm³/mol. The Balaban J connectivity index is 1.77. The van der Waals surface area contributed by atoms with Crippen molar-refractivity contribution in [1.29, 1.82) is 0 Å². The van der Waals surface area contributed by atoms with E-state index in [4.69, 9.17) is 4.74 Å². The number of hydrogen-bond donors (Lipinski definition) is 1. The Hall–Kier alpha value is -3.52. The highest BCUT2D eigenvalue weighted by molar-refractivity contribution is 9.10. The number of aromatic nitrogens is 1. The second-order valence-corrected chi connectivity index (χ2v) is 8.24. The van der Waals surface area contributed by atoms with Crippen molar-refractivity contribution in [2.24, 2.45) is 0 Å². The lowest BCUT2D eigenvalue weighted by Gasteiger charge is -2.17. The van der Waals surface area contributed by atoms with Crippen molar-refractivity contribution in [2.45, 2.75) is 13.5 Å². The van der Waals surface area contributed by atoms with Gasteiger partial charge in [-0.15, -0.1) is 0 Å². The summed E-state index contributed by atoms with van der Waals surface area (Å²) in [4.78, 5) is 11.4. The molecule has 33 heavy (non-hydrogen) atoms. The van der Waals surface area contributed by atoms with E-state index >= 15 is 0 Å². The molecule has 0 fully saturated rings. The van der Waals surface area contributed by atoms with E-state index in [1.165, 1.54) is 6.07 Å². The topological polar surface area (TPSA) is 51.5 Å². The minimum Gasteiger partial charge on any atom is -0.488 e. The van der Waals surface area contributed by atoms with Gasteiger partial charge >= 0.3 is 5.97 Å². The normalized spacial score (nSPS) is 10.9.